The van der Waals surface area contributed by atoms with Gasteiger partial charge in [0.05, 0.1) is 13.3 Å². The molecular weight excluding hydrogens is 529 g/mol. The number of ether oxygens (including phenoxy) is 2. The number of halogens is 1. The van der Waals surface area contributed by atoms with Crippen molar-refractivity contribution in [3.05, 3.63) is 71.8 Å². The molecule has 2 aromatic rings. The maximum Gasteiger partial charge on any atom is 0.408 e. The van der Waals surface area contributed by atoms with Gasteiger partial charge in [-0.05, 0) is 58.1 Å². The molecule has 3 amide bonds. The first kappa shape index (κ1) is 33.3. The fourth-order valence-corrected chi connectivity index (χ4v) is 4.05. The minimum absolute atomic E-state index is 0.121. The summed E-state index contributed by atoms with van der Waals surface area (Å²) in [5.74, 6) is -1.82. The SMILES string of the molecule is CCOC(=O)C(CCCCF)NC(=O)C(Cc1ccccc1)NC(=O)C(Cc1ccccc1)NC(=O)OC(C)(C)C. The van der Waals surface area contributed by atoms with Gasteiger partial charge in [0.2, 0.25) is 11.8 Å². The minimum Gasteiger partial charge on any atom is -0.464 e. The first-order valence-corrected chi connectivity index (χ1v) is 13.9. The third kappa shape index (κ3) is 12.8. The first-order chi connectivity index (χ1) is 19.5. The van der Waals surface area contributed by atoms with Gasteiger partial charge in [-0.1, -0.05) is 60.7 Å². The van der Waals surface area contributed by atoms with Crippen LogP contribution in [-0.4, -0.2) is 60.9 Å². The summed E-state index contributed by atoms with van der Waals surface area (Å²) in [4.78, 5) is 52.3. The first-order valence-electron chi connectivity index (χ1n) is 13.9. The van der Waals surface area contributed by atoms with Gasteiger partial charge in [0.1, 0.15) is 23.7 Å². The number of esters is 1. The van der Waals surface area contributed by atoms with E-state index >= 15 is 0 Å². The van der Waals surface area contributed by atoms with Crippen molar-refractivity contribution in [2.75, 3.05) is 13.3 Å². The summed E-state index contributed by atoms with van der Waals surface area (Å²) in [6.07, 6.45) is 0.316. The van der Waals surface area contributed by atoms with E-state index in [4.69, 9.17) is 9.47 Å². The van der Waals surface area contributed by atoms with E-state index in [2.05, 4.69) is 16.0 Å². The van der Waals surface area contributed by atoms with Crippen molar-refractivity contribution in [1.82, 2.24) is 16.0 Å². The molecule has 3 N–H and O–H groups in total. The lowest BCUT2D eigenvalue weighted by Crippen LogP contribution is -2.57. The molecule has 0 heterocycles. The molecule has 10 heteroatoms. The Labute approximate surface area is 241 Å². The molecule has 0 spiro atoms. The zero-order chi connectivity index (χ0) is 30.3. The molecule has 0 aliphatic heterocycles. The second-order valence-corrected chi connectivity index (χ2v) is 10.6. The zero-order valence-electron chi connectivity index (χ0n) is 24.3. The molecule has 0 radical (unpaired) electrons. The van der Waals surface area contributed by atoms with Crippen LogP contribution in [0.2, 0.25) is 0 Å². The van der Waals surface area contributed by atoms with Crippen LogP contribution in [0.15, 0.2) is 60.7 Å². The maximum absolute atomic E-state index is 13.6. The number of unbranched alkanes of at least 4 members (excludes halogenated alkanes) is 1. The summed E-state index contributed by atoms with van der Waals surface area (Å²) < 4.78 is 23.2. The van der Waals surface area contributed by atoms with Crippen molar-refractivity contribution in [3.8, 4) is 0 Å². The average Bonchev–Trinajstić information content (AvgIpc) is 2.92. The largest absolute Gasteiger partial charge is 0.464 e. The lowest BCUT2D eigenvalue weighted by molar-refractivity contribution is -0.148. The van der Waals surface area contributed by atoms with E-state index in [-0.39, 0.29) is 32.3 Å². The molecule has 224 valence electrons. The second-order valence-electron chi connectivity index (χ2n) is 10.6. The van der Waals surface area contributed by atoms with E-state index in [1.165, 1.54) is 0 Å². The van der Waals surface area contributed by atoms with Crippen LogP contribution in [0.5, 0.6) is 0 Å². The third-order valence-electron chi connectivity index (χ3n) is 5.97. The number of rotatable bonds is 15. The lowest BCUT2D eigenvalue weighted by atomic mass is 10.0. The van der Waals surface area contributed by atoms with Crippen LogP contribution in [0.25, 0.3) is 0 Å². The quantitative estimate of drug-likeness (QED) is 0.219. The van der Waals surface area contributed by atoms with Crippen LogP contribution in [-0.2, 0) is 36.7 Å². The average molecular weight is 572 g/mol. The topological polar surface area (TPSA) is 123 Å². The maximum atomic E-state index is 13.6. The molecule has 2 aromatic carbocycles. The summed E-state index contributed by atoms with van der Waals surface area (Å²) in [5, 5.41) is 8.07. The van der Waals surface area contributed by atoms with Crippen LogP contribution in [0.1, 0.15) is 58.1 Å². The van der Waals surface area contributed by atoms with Gasteiger partial charge in [0, 0.05) is 12.8 Å². The molecule has 2 rings (SSSR count). The fourth-order valence-electron chi connectivity index (χ4n) is 4.05. The van der Waals surface area contributed by atoms with E-state index in [0.717, 1.165) is 11.1 Å². The molecule has 9 nitrogen and oxygen atoms in total. The Bertz CT molecular complexity index is 1110. The molecule has 0 saturated heterocycles. The molecule has 3 atom stereocenters. The van der Waals surface area contributed by atoms with Crippen LogP contribution in [0, 0.1) is 0 Å². The van der Waals surface area contributed by atoms with Gasteiger partial charge < -0.3 is 25.4 Å². The highest BCUT2D eigenvalue weighted by Gasteiger charge is 2.31. The number of amides is 3. The number of hydrogen-bond acceptors (Lipinski definition) is 6. The van der Waals surface area contributed by atoms with Crippen LogP contribution >= 0.6 is 0 Å². The van der Waals surface area contributed by atoms with Crippen LogP contribution in [0.3, 0.4) is 0 Å². The van der Waals surface area contributed by atoms with E-state index < -0.39 is 54.3 Å². The predicted molar refractivity (Wildman–Crippen MR) is 154 cm³/mol. The smallest absolute Gasteiger partial charge is 0.408 e. The lowest BCUT2D eigenvalue weighted by Gasteiger charge is -2.26. The second kappa shape index (κ2) is 17.0. The Kier molecular flexibility index (Phi) is 13.8. The Morgan fingerprint density at radius 1 is 0.756 bits per heavy atom. The van der Waals surface area contributed by atoms with Gasteiger partial charge in [0.25, 0.3) is 0 Å². The van der Waals surface area contributed by atoms with E-state index in [9.17, 15) is 23.6 Å². The molecule has 0 saturated carbocycles. The van der Waals surface area contributed by atoms with Gasteiger partial charge in [0.15, 0.2) is 0 Å². The Hall–Kier alpha value is -3.95. The molecule has 0 aliphatic rings. The van der Waals surface area contributed by atoms with Crippen molar-refractivity contribution >= 4 is 23.9 Å². The highest BCUT2D eigenvalue weighted by molar-refractivity contribution is 5.93. The molecule has 0 bridgehead atoms. The monoisotopic (exact) mass is 571 g/mol. The molecule has 41 heavy (non-hydrogen) atoms. The highest BCUT2D eigenvalue weighted by atomic mass is 19.1. The Morgan fingerprint density at radius 2 is 1.24 bits per heavy atom. The number of benzene rings is 2. The van der Waals surface area contributed by atoms with Crippen molar-refractivity contribution in [2.24, 2.45) is 0 Å². The van der Waals surface area contributed by atoms with Crippen molar-refractivity contribution in [1.29, 1.82) is 0 Å². The summed E-state index contributed by atoms with van der Waals surface area (Å²) in [6, 6.07) is 15.1. The predicted octanol–water partition coefficient (Wildman–Crippen LogP) is 4.04. The molecule has 0 aliphatic carbocycles. The van der Waals surface area contributed by atoms with Crippen LogP contribution < -0.4 is 16.0 Å². The van der Waals surface area contributed by atoms with E-state index in [1.54, 1.807) is 27.7 Å². The van der Waals surface area contributed by atoms with Gasteiger partial charge in [-0.25, -0.2) is 9.59 Å². The number of carbonyl (C=O) groups is 4. The Morgan fingerprint density at radius 3 is 1.71 bits per heavy atom. The number of alkyl carbamates (subject to hydrolysis) is 1. The van der Waals surface area contributed by atoms with Gasteiger partial charge in [-0.15, -0.1) is 0 Å². The minimum atomic E-state index is -1.08. The Balaban J connectivity index is 2.29. The summed E-state index contributed by atoms with van der Waals surface area (Å²) >= 11 is 0. The highest BCUT2D eigenvalue weighted by Crippen LogP contribution is 2.11. The van der Waals surface area contributed by atoms with E-state index in [0.29, 0.717) is 6.42 Å². The molecular formula is C31H42FN3O6. The fraction of sp³-hybridized carbons (Fsp3) is 0.484. The summed E-state index contributed by atoms with van der Waals surface area (Å²) in [7, 11) is 0. The van der Waals surface area contributed by atoms with Gasteiger partial charge in [-0.3, -0.25) is 14.0 Å². The number of alkyl halides is 1. The van der Waals surface area contributed by atoms with Gasteiger partial charge >= 0.3 is 12.1 Å². The summed E-state index contributed by atoms with van der Waals surface area (Å²) in [6.45, 7) is 6.38. The van der Waals surface area contributed by atoms with Crippen LogP contribution in [0.4, 0.5) is 9.18 Å². The summed E-state index contributed by atoms with van der Waals surface area (Å²) in [5.41, 5.74) is 0.790. The zero-order valence-corrected chi connectivity index (χ0v) is 24.3. The number of nitrogens with one attached hydrogen (secondary N) is 3. The van der Waals surface area contributed by atoms with Gasteiger partial charge in [-0.2, -0.15) is 0 Å². The third-order valence-corrected chi connectivity index (χ3v) is 5.97. The normalized spacial score (nSPS) is 13.3. The van der Waals surface area contributed by atoms with E-state index in [1.807, 2.05) is 60.7 Å². The van der Waals surface area contributed by atoms with Crippen molar-refractivity contribution in [3.63, 3.8) is 0 Å². The number of hydrogen-bond donors (Lipinski definition) is 3. The number of carbonyl (C=O) groups excluding carboxylic acids is 4. The molecule has 0 aromatic heterocycles. The standard InChI is InChI=1S/C31H42FN3O6/c1-5-40-29(38)24(18-12-13-19-32)33-27(36)25(20-22-14-8-6-9-15-22)34-28(37)26(21-23-16-10-7-11-17-23)35-30(39)41-31(2,3)4/h6-11,14-17,24-26H,5,12-13,18-21H2,1-4H3,(H,33,36)(H,34,37)(H,35,39). The molecule has 0 fully saturated rings. The molecule has 3 unspecified atom stereocenters. The van der Waals surface area contributed by atoms with Crippen molar-refractivity contribution in [2.45, 2.75) is 83.5 Å². The van der Waals surface area contributed by atoms with Crippen molar-refractivity contribution < 1.29 is 33.0 Å².